The third-order valence-electron chi connectivity index (χ3n) is 6.63. The lowest BCUT2D eigenvalue weighted by Gasteiger charge is -2.35. The Morgan fingerprint density at radius 2 is 1.61 bits per heavy atom. The summed E-state index contributed by atoms with van der Waals surface area (Å²) in [5.74, 6) is 2.81. The van der Waals surface area contributed by atoms with Gasteiger partial charge in [0.15, 0.2) is 5.76 Å². The number of nitrogens with one attached hydrogen (secondary N) is 1. The molecule has 2 heterocycles. The molecule has 0 radical (unpaired) electrons. The third-order valence-corrected chi connectivity index (χ3v) is 6.63. The van der Waals surface area contributed by atoms with Gasteiger partial charge in [0.25, 0.3) is 11.9 Å². The van der Waals surface area contributed by atoms with Gasteiger partial charge in [-0.15, -0.1) is 0 Å². The van der Waals surface area contributed by atoms with E-state index in [1.807, 2.05) is 20.8 Å². The Morgan fingerprint density at radius 3 is 2.22 bits per heavy atom. The van der Waals surface area contributed by atoms with Crippen LogP contribution in [0.5, 0.6) is 34.7 Å². The molecule has 0 atom stereocenters. The van der Waals surface area contributed by atoms with E-state index in [2.05, 4.69) is 19.2 Å². The number of ether oxygens (including phenoxy) is 5. The Kier molecular flexibility index (Phi) is 6.80. The van der Waals surface area contributed by atoms with Crippen molar-refractivity contribution >= 4 is 11.6 Å². The highest BCUT2D eigenvalue weighted by molar-refractivity contribution is 6.04. The summed E-state index contributed by atoms with van der Waals surface area (Å²) >= 11 is 0. The molecular weight excluding hydrogens is 462 g/mol. The van der Waals surface area contributed by atoms with Crippen LogP contribution < -0.4 is 29.0 Å². The van der Waals surface area contributed by atoms with E-state index in [0.29, 0.717) is 28.7 Å². The van der Waals surface area contributed by atoms with Gasteiger partial charge in [0.2, 0.25) is 0 Å². The first-order chi connectivity index (χ1) is 17.1. The minimum Gasteiger partial charge on any atom is -0.496 e. The van der Waals surface area contributed by atoms with Crippen LogP contribution in [0.2, 0.25) is 0 Å². The summed E-state index contributed by atoms with van der Waals surface area (Å²) in [6, 6.07) is 6.51. The Morgan fingerprint density at radius 1 is 0.944 bits per heavy atom. The van der Waals surface area contributed by atoms with Crippen molar-refractivity contribution in [2.24, 2.45) is 0 Å². The van der Waals surface area contributed by atoms with E-state index in [4.69, 9.17) is 28.1 Å². The Labute approximate surface area is 211 Å². The molecule has 0 fully saturated rings. The fraction of sp³-hybridized carbons (Fsp3) is 0.393. The van der Waals surface area contributed by atoms with Gasteiger partial charge in [0.1, 0.15) is 40.0 Å². The van der Waals surface area contributed by atoms with E-state index in [1.165, 1.54) is 21.3 Å². The second-order valence-corrected chi connectivity index (χ2v) is 9.46. The van der Waals surface area contributed by atoms with E-state index in [1.54, 1.807) is 24.3 Å². The van der Waals surface area contributed by atoms with Crippen molar-refractivity contribution in [1.82, 2.24) is 0 Å². The largest absolute Gasteiger partial charge is 0.496 e. The summed E-state index contributed by atoms with van der Waals surface area (Å²) in [7, 11) is 4.54. The summed E-state index contributed by atoms with van der Waals surface area (Å²) < 4.78 is 34.3. The molecule has 1 aliphatic heterocycles. The topological polar surface area (TPSA) is 88.4 Å². The molecule has 4 rings (SSSR count). The second-order valence-electron chi connectivity index (χ2n) is 9.46. The van der Waals surface area contributed by atoms with Crippen LogP contribution in [0, 0.1) is 20.8 Å². The molecule has 1 aliphatic rings. The fourth-order valence-corrected chi connectivity index (χ4v) is 4.40. The molecule has 1 amide bonds. The van der Waals surface area contributed by atoms with Crippen molar-refractivity contribution in [1.29, 1.82) is 0 Å². The Balaban J connectivity index is 1.59. The smallest absolute Gasteiger partial charge is 0.291 e. The van der Waals surface area contributed by atoms with Gasteiger partial charge in [-0.3, -0.25) is 4.79 Å². The molecule has 3 aromatic rings. The molecule has 1 N–H and O–H groups in total. The molecule has 0 aliphatic carbocycles. The first kappa shape index (κ1) is 25.3. The maximum Gasteiger partial charge on any atom is 0.291 e. The summed E-state index contributed by atoms with van der Waals surface area (Å²) in [4.78, 5) is 13.0. The fourth-order valence-electron chi connectivity index (χ4n) is 4.40. The van der Waals surface area contributed by atoms with Crippen molar-refractivity contribution in [2.45, 2.75) is 53.1 Å². The highest BCUT2D eigenvalue weighted by Crippen LogP contribution is 2.45. The first-order valence-electron chi connectivity index (χ1n) is 11.8. The third kappa shape index (κ3) is 4.67. The van der Waals surface area contributed by atoms with Gasteiger partial charge in [-0.05, 0) is 70.2 Å². The zero-order valence-corrected chi connectivity index (χ0v) is 22.1. The van der Waals surface area contributed by atoms with Crippen molar-refractivity contribution in [3.63, 3.8) is 0 Å². The lowest BCUT2D eigenvalue weighted by Crippen LogP contribution is -2.33. The molecule has 36 heavy (non-hydrogen) atoms. The van der Waals surface area contributed by atoms with Crippen LogP contribution in [0.25, 0.3) is 0 Å². The van der Waals surface area contributed by atoms with E-state index in [-0.39, 0.29) is 17.3 Å². The number of amides is 1. The molecule has 0 bridgehead atoms. The van der Waals surface area contributed by atoms with Gasteiger partial charge in [0.05, 0.1) is 21.3 Å². The normalized spacial score (nSPS) is 13.9. The zero-order chi connectivity index (χ0) is 26.2. The van der Waals surface area contributed by atoms with Crippen LogP contribution in [0.15, 0.2) is 28.7 Å². The zero-order valence-electron chi connectivity index (χ0n) is 22.1. The van der Waals surface area contributed by atoms with Gasteiger partial charge in [-0.25, -0.2) is 0 Å². The molecule has 0 saturated carbocycles. The summed E-state index contributed by atoms with van der Waals surface area (Å²) in [5, 5.41) is 2.80. The summed E-state index contributed by atoms with van der Waals surface area (Å²) in [6.45, 7) is 10.3. The number of fused-ring (bicyclic) bond motifs is 1. The average Bonchev–Trinajstić information content (AvgIpc) is 3.33. The predicted octanol–water partition coefficient (Wildman–Crippen LogP) is 6.38. The molecule has 8 heteroatoms. The number of hydrogen-bond donors (Lipinski definition) is 1. The lowest BCUT2D eigenvalue weighted by molar-refractivity contribution is 0.0831. The molecule has 8 nitrogen and oxygen atoms in total. The van der Waals surface area contributed by atoms with Gasteiger partial charge < -0.3 is 33.4 Å². The Bertz CT molecular complexity index is 1280. The molecule has 0 unspecified atom stereocenters. The number of carbonyl (C=O) groups is 1. The number of hydrogen-bond acceptors (Lipinski definition) is 7. The van der Waals surface area contributed by atoms with E-state index in [0.717, 1.165) is 40.8 Å². The van der Waals surface area contributed by atoms with E-state index < -0.39 is 5.91 Å². The molecular formula is C28H33NO7. The van der Waals surface area contributed by atoms with E-state index >= 15 is 0 Å². The maximum atomic E-state index is 13.0. The van der Waals surface area contributed by atoms with Crippen molar-refractivity contribution in [3.05, 3.63) is 52.3 Å². The highest BCUT2D eigenvalue weighted by atomic mass is 16.6. The van der Waals surface area contributed by atoms with Crippen LogP contribution in [0.3, 0.4) is 0 Å². The number of furan rings is 1. The number of rotatable bonds is 7. The molecule has 0 saturated heterocycles. The maximum absolute atomic E-state index is 13.0. The minimum atomic E-state index is -0.475. The molecule has 2 aromatic carbocycles. The average molecular weight is 496 g/mol. The van der Waals surface area contributed by atoms with Gasteiger partial charge in [-0.1, -0.05) is 0 Å². The minimum absolute atomic E-state index is 0.0833. The predicted molar refractivity (Wildman–Crippen MR) is 137 cm³/mol. The summed E-state index contributed by atoms with van der Waals surface area (Å²) in [5.41, 5.74) is 4.34. The standard InChI is InChI=1S/C28H33NO7/c1-15-16(2)26-19(11-12-28(4,5)36-26)17(3)25(15)35-23-10-9-20(34-23)27(30)29-24-21(32-7)13-18(31-6)14-22(24)33-8/h9-10,13-14H,11-12H2,1-8H3,(H,29,30). The van der Waals surface area contributed by atoms with Crippen molar-refractivity contribution in [2.75, 3.05) is 26.6 Å². The van der Waals surface area contributed by atoms with Crippen LogP contribution in [-0.2, 0) is 6.42 Å². The van der Waals surface area contributed by atoms with Gasteiger partial charge in [0, 0.05) is 23.8 Å². The van der Waals surface area contributed by atoms with Crippen molar-refractivity contribution in [3.8, 4) is 34.7 Å². The first-order valence-corrected chi connectivity index (χ1v) is 11.8. The quantitative estimate of drug-likeness (QED) is 0.407. The molecule has 0 spiro atoms. The lowest BCUT2D eigenvalue weighted by atomic mass is 9.88. The van der Waals surface area contributed by atoms with Crippen LogP contribution >= 0.6 is 0 Å². The highest BCUT2D eigenvalue weighted by Gasteiger charge is 2.31. The monoisotopic (exact) mass is 495 g/mol. The summed E-state index contributed by atoms with van der Waals surface area (Å²) in [6.07, 6.45) is 1.83. The number of anilines is 1. The van der Waals surface area contributed by atoms with Crippen LogP contribution in [0.4, 0.5) is 5.69 Å². The van der Waals surface area contributed by atoms with Crippen LogP contribution in [0.1, 0.15) is 53.1 Å². The van der Waals surface area contributed by atoms with Gasteiger partial charge in [-0.2, -0.15) is 0 Å². The second kappa shape index (κ2) is 9.68. The number of benzene rings is 2. The SMILES string of the molecule is COc1cc(OC)c(NC(=O)c2ccc(Oc3c(C)c(C)c4c(c3C)CCC(C)(C)O4)o2)c(OC)c1. The van der Waals surface area contributed by atoms with Crippen molar-refractivity contribution < 1.29 is 32.9 Å². The van der Waals surface area contributed by atoms with Gasteiger partial charge >= 0.3 is 0 Å². The Hall–Kier alpha value is -3.81. The van der Waals surface area contributed by atoms with E-state index in [9.17, 15) is 4.79 Å². The number of methoxy groups -OCH3 is 3. The van der Waals surface area contributed by atoms with Crippen LogP contribution in [-0.4, -0.2) is 32.8 Å². The molecule has 1 aromatic heterocycles. The molecule has 192 valence electrons. The number of carbonyl (C=O) groups excluding carboxylic acids is 1.